The number of hydrogen-bond acceptors (Lipinski definition) is 3. The van der Waals surface area contributed by atoms with E-state index in [1.165, 1.54) is 0 Å². The Kier molecular flexibility index (Phi) is 3.93. The summed E-state index contributed by atoms with van der Waals surface area (Å²) in [6.07, 6.45) is 7.26. The quantitative estimate of drug-likeness (QED) is 0.724. The highest BCUT2D eigenvalue weighted by atomic mass is 79.9. The number of aromatic nitrogens is 4. The number of hydrogen-bond donors (Lipinski definition) is 2. The molecule has 2 heterocycles. The van der Waals surface area contributed by atoms with Gasteiger partial charge < -0.3 is 5.32 Å². The van der Waals surface area contributed by atoms with Crippen LogP contribution in [0.2, 0.25) is 0 Å². The average molecular weight is 386 g/mol. The van der Waals surface area contributed by atoms with Crippen molar-refractivity contribution < 1.29 is 4.79 Å². The molecule has 0 bridgehead atoms. The number of benzene rings is 1. The molecule has 2 N–H and O–H groups in total. The molecule has 0 radical (unpaired) electrons. The molecule has 0 fully saturated rings. The largest absolute Gasteiger partial charge is 0.318 e. The van der Waals surface area contributed by atoms with E-state index in [2.05, 4.69) is 36.5 Å². The van der Waals surface area contributed by atoms with Crippen molar-refractivity contribution in [2.24, 2.45) is 0 Å². The molecule has 0 unspecified atom stereocenters. The van der Waals surface area contributed by atoms with Gasteiger partial charge in [0.25, 0.3) is 5.91 Å². The van der Waals surface area contributed by atoms with Gasteiger partial charge in [0.2, 0.25) is 0 Å². The van der Waals surface area contributed by atoms with Gasteiger partial charge in [-0.25, -0.2) is 4.68 Å². The predicted octanol–water partition coefficient (Wildman–Crippen LogP) is 3.49. The van der Waals surface area contributed by atoms with Crippen LogP contribution in [0.15, 0.2) is 41.1 Å². The van der Waals surface area contributed by atoms with Crippen LogP contribution in [0, 0.1) is 0 Å². The summed E-state index contributed by atoms with van der Waals surface area (Å²) in [4.78, 5) is 12.7. The third-order valence-corrected chi connectivity index (χ3v) is 4.70. The van der Waals surface area contributed by atoms with E-state index in [1.54, 1.807) is 12.4 Å². The van der Waals surface area contributed by atoms with Gasteiger partial charge in [-0.3, -0.25) is 9.89 Å². The van der Waals surface area contributed by atoms with Crippen LogP contribution in [-0.2, 0) is 12.8 Å². The number of halogens is 1. The van der Waals surface area contributed by atoms with Gasteiger partial charge >= 0.3 is 0 Å². The van der Waals surface area contributed by atoms with Gasteiger partial charge in [0.15, 0.2) is 5.69 Å². The summed E-state index contributed by atoms with van der Waals surface area (Å²) in [5.74, 6) is -0.191. The highest BCUT2D eigenvalue weighted by molar-refractivity contribution is 9.10. The Balaban J connectivity index is 1.76. The van der Waals surface area contributed by atoms with Crippen LogP contribution < -0.4 is 5.32 Å². The van der Waals surface area contributed by atoms with E-state index in [0.717, 1.165) is 47.1 Å². The van der Waals surface area contributed by atoms with Crippen molar-refractivity contribution >= 4 is 27.5 Å². The molecule has 6 nitrogen and oxygen atoms in total. The molecule has 24 heavy (non-hydrogen) atoms. The van der Waals surface area contributed by atoms with E-state index in [4.69, 9.17) is 0 Å². The van der Waals surface area contributed by atoms with E-state index in [-0.39, 0.29) is 5.91 Å². The molecule has 4 rings (SSSR count). The minimum Gasteiger partial charge on any atom is -0.318 e. The number of carbonyl (C=O) groups is 1. The average Bonchev–Trinajstić information content (AvgIpc) is 3.22. The van der Waals surface area contributed by atoms with Crippen molar-refractivity contribution in [3.05, 3.63) is 58.1 Å². The first-order valence-corrected chi connectivity index (χ1v) is 8.68. The first-order chi connectivity index (χ1) is 11.7. The van der Waals surface area contributed by atoms with Crippen molar-refractivity contribution in [3.8, 4) is 5.69 Å². The Morgan fingerprint density at radius 1 is 1.29 bits per heavy atom. The SMILES string of the molecule is O=C(Nc1cn[nH]c1)c1nn(-c2cccc(Br)c2)c2c1CCCC2. The van der Waals surface area contributed by atoms with Gasteiger partial charge in [0, 0.05) is 21.9 Å². The fourth-order valence-corrected chi connectivity index (χ4v) is 3.50. The van der Waals surface area contributed by atoms with Crippen LogP contribution in [0.4, 0.5) is 5.69 Å². The van der Waals surface area contributed by atoms with Gasteiger partial charge in [0.1, 0.15) is 0 Å². The first kappa shape index (κ1) is 15.1. The molecule has 2 aromatic heterocycles. The van der Waals surface area contributed by atoms with Crippen molar-refractivity contribution in [1.82, 2.24) is 20.0 Å². The van der Waals surface area contributed by atoms with Gasteiger partial charge in [-0.05, 0) is 43.9 Å². The van der Waals surface area contributed by atoms with E-state index in [0.29, 0.717) is 11.4 Å². The second-order valence-corrected chi connectivity index (χ2v) is 6.73. The minimum atomic E-state index is -0.191. The lowest BCUT2D eigenvalue weighted by atomic mass is 9.95. The summed E-state index contributed by atoms with van der Waals surface area (Å²) in [7, 11) is 0. The Labute approximate surface area is 147 Å². The molecule has 0 saturated heterocycles. The van der Waals surface area contributed by atoms with Crippen LogP contribution in [0.1, 0.15) is 34.6 Å². The topological polar surface area (TPSA) is 75.6 Å². The molecule has 7 heteroatoms. The Hall–Kier alpha value is -2.41. The van der Waals surface area contributed by atoms with E-state index >= 15 is 0 Å². The summed E-state index contributed by atoms with van der Waals surface area (Å²) in [6.45, 7) is 0. The Morgan fingerprint density at radius 2 is 2.17 bits per heavy atom. The zero-order valence-corrected chi connectivity index (χ0v) is 14.5. The molecule has 1 amide bonds. The molecular formula is C17H16BrN5O. The second-order valence-electron chi connectivity index (χ2n) is 5.81. The predicted molar refractivity (Wildman–Crippen MR) is 94.4 cm³/mol. The van der Waals surface area contributed by atoms with E-state index in [9.17, 15) is 4.79 Å². The van der Waals surface area contributed by atoms with Crippen molar-refractivity contribution in [2.45, 2.75) is 25.7 Å². The first-order valence-electron chi connectivity index (χ1n) is 7.89. The smallest absolute Gasteiger partial charge is 0.276 e. The number of rotatable bonds is 3. The van der Waals surface area contributed by atoms with E-state index in [1.807, 2.05) is 28.9 Å². The van der Waals surface area contributed by atoms with Crippen LogP contribution in [0.5, 0.6) is 0 Å². The third-order valence-electron chi connectivity index (χ3n) is 4.20. The van der Waals surface area contributed by atoms with Gasteiger partial charge in [-0.1, -0.05) is 22.0 Å². The van der Waals surface area contributed by atoms with Crippen LogP contribution in [0.25, 0.3) is 5.69 Å². The number of fused-ring (bicyclic) bond motifs is 1. The monoisotopic (exact) mass is 385 g/mol. The van der Waals surface area contributed by atoms with Crippen LogP contribution in [-0.4, -0.2) is 25.9 Å². The lowest BCUT2D eigenvalue weighted by Crippen LogP contribution is -2.15. The normalized spacial score (nSPS) is 13.5. The fourth-order valence-electron chi connectivity index (χ4n) is 3.11. The zero-order valence-electron chi connectivity index (χ0n) is 12.9. The van der Waals surface area contributed by atoms with Gasteiger partial charge in [-0.2, -0.15) is 10.2 Å². The summed E-state index contributed by atoms with van der Waals surface area (Å²) in [5, 5.41) is 14.0. The summed E-state index contributed by atoms with van der Waals surface area (Å²) in [5.41, 5.74) is 4.30. The summed E-state index contributed by atoms with van der Waals surface area (Å²) >= 11 is 3.50. The van der Waals surface area contributed by atoms with Crippen LogP contribution >= 0.6 is 15.9 Å². The van der Waals surface area contributed by atoms with Gasteiger partial charge in [-0.15, -0.1) is 0 Å². The highest BCUT2D eigenvalue weighted by Crippen LogP contribution is 2.28. The standard InChI is InChI=1S/C17H16BrN5O/c18-11-4-3-5-13(8-11)23-15-7-2-1-6-14(15)16(22-23)17(24)21-12-9-19-20-10-12/h3-5,8-10H,1-2,6-7H2,(H,19,20)(H,21,24). The molecule has 122 valence electrons. The molecule has 0 spiro atoms. The maximum atomic E-state index is 12.7. The lowest BCUT2D eigenvalue weighted by molar-refractivity contribution is 0.102. The molecule has 1 aliphatic carbocycles. The molecular weight excluding hydrogens is 370 g/mol. The van der Waals surface area contributed by atoms with Crippen molar-refractivity contribution in [2.75, 3.05) is 5.32 Å². The van der Waals surface area contributed by atoms with E-state index < -0.39 is 0 Å². The lowest BCUT2D eigenvalue weighted by Gasteiger charge is -2.14. The number of nitrogens with one attached hydrogen (secondary N) is 2. The molecule has 3 aromatic rings. The minimum absolute atomic E-state index is 0.191. The Morgan fingerprint density at radius 3 is 2.96 bits per heavy atom. The summed E-state index contributed by atoms with van der Waals surface area (Å²) in [6, 6.07) is 7.97. The molecule has 1 aliphatic rings. The van der Waals surface area contributed by atoms with Crippen molar-refractivity contribution in [1.29, 1.82) is 0 Å². The van der Waals surface area contributed by atoms with Gasteiger partial charge in [0.05, 0.1) is 17.6 Å². The number of aromatic amines is 1. The number of H-pyrrole nitrogens is 1. The maximum Gasteiger partial charge on any atom is 0.276 e. The number of anilines is 1. The third kappa shape index (κ3) is 2.75. The zero-order chi connectivity index (χ0) is 16.5. The maximum absolute atomic E-state index is 12.7. The molecule has 0 atom stereocenters. The summed E-state index contributed by atoms with van der Waals surface area (Å²) < 4.78 is 2.90. The number of nitrogens with zero attached hydrogens (tertiary/aromatic N) is 3. The van der Waals surface area contributed by atoms with Crippen molar-refractivity contribution in [3.63, 3.8) is 0 Å². The molecule has 0 saturated carbocycles. The fraction of sp³-hybridized carbons (Fsp3) is 0.235. The molecule has 0 aliphatic heterocycles. The highest BCUT2D eigenvalue weighted by Gasteiger charge is 2.25. The molecule has 1 aromatic carbocycles. The van der Waals surface area contributed by atoms with Crippen LogP contribution in [0.3, 0.4) is 0 Å². The number of amides is 1. The Bertz CT molecular complexity index is 885. The number of carbonyl (C=O) groups excluding carboxylic acids is 1. The second kappa shape index (κ2) is 6.24.